The van der Waals surface area contributed by atoms with Gasteiger partial charge in [0.05, 0.1) is 5.41 Å². The Kier molecular flexibility index (Phi) is 7.61. The van der Waals surface area contributed by atoms with Gasteiger partial charge in [-0.15, -0.1) is 0 Å². The minimum Gasteiger partial charge on any atom is -0.354 e. The number of benzene rings is 9. The molecule has 3 aliphatic rings. The molecule has 0 spiro atoms. The highest BCUT2D eigenvalue weighted by Crippen LogP contribution is 2.58. The van der Waals surface area contributed by atoms with Gasteiger partial charge in [-0.2, -0.15) is 0 Å². The molecule has 1 aliphatic heterocycles. The van der Waals surface area contributed by atoms with Gasteiger partial charge in [-0.3, -0.25) is 0 Å². The summed E-state index contributed by atoms with van der Waals surface area (Å²) < 4.78 is 0. The van der Waals surface area contributed by atoms with E-state index in [4.69, 9.17) is 0 Å². The van der Waals surface area contributed by atoms with Crippen LogP contribution in [0, 0.1) is 0 Å². The number of allylic oxidation sites excluding steroid dienone is 4. The molecular weight excluding hydrogens is 713 g/mol. The summed E-state index contributed by atoms with van der Waals surface area (Å²) in [4.78, 5) is 2.41. The molecule has 1 heterocycles. The van der Waals surface area contributed by atoms with Gasteiger partial charge in [-0.25, -0.2) is 0 Å². The summed E-state index contributed by atoms with van der Waals surface area (Å²) in [6, 6.07) is 71.7. The largest absolute Gasteiger partial charge is 0.354 e. The van der Waals surface area contributed by atoms with Crippen molar-refractivity contribution >= 4 is 50.0 Å². The van der Waals surface area contributed by atoms with E-state index in [9.17, 15) is 0 Å². The number of rotatable bonds is 6. The lowest BCUT2D eigenvalue weighted by Crippen LogP contribution is -2.29. The van der Waals surface area contributed by atoms with Crippen LogP contribution >= 0.6 is 0 Å². The minimum absolute atomic E-state index is 0.431. The van der Waals surface area contributed by atoms with Crippen LogP contribution in [-0.2, 0) is 5.41 Å². The smallest absolute Gasteiger partial charge is 0.0711 e. The van der Waals surface area contributed by atoms with Gasteiger partial charge in [-0.05, 0) is 128 Å². The van der Waals surface area contributed by atoms with E-state index in [0.717, 1.165) is 41.3 Å². The van der Waals surface area contributed by atoms with Gasteiger partial charge in [0.15, 0.2) is 0 Å². The Hall–Kier alpha value is -7.42. The molecule has 59 heavy (non-hydrogen) atoms. The Labute approximate surface area is 345 Å². The quantitative estimate of drug-likeness (QED) is 0.182. The molecule has 12 rings (SSSR count). The molecule has 278 valence electrons. The molecule has 1 N–H and O–H groups in total. The summed E-state index contributed by atoms with van der Waals surface area (Å²) in [5.41, 5.74) is 18.1. The Morgan fingerprint density at radius 3 is 1.95 bits per heavy atom. The van der Waals surface area contributed by atoms with Crippen molar-refractivity contribution in [1.82, 2.24) is 0 Å². The highest BCUT2D eigenvalue weighted by molar-refractivity contribution is 6.19. The molecule has 2 nitrogen and oxygen atoms in total. The molecular formula is C57H40N2. The van der Waals surface area contributed by atoms with Crippen LogP contribution in [0.1, 0.15) is 29.5 Å². The number of nitrogens with one attached hydrogen (secondary N) is 1. The van der Waals surface area contributed by atoms with E-state index in [2.05, 4.69) is 223 Å². The average molecular weight is 753 g/mol. The first-order chi connectivity index (χ1) is 29.3. The van der Waals surface area contributed by atoms with Crippen molar-refractivity contribution in [2.75, 3.05) is 10.2 Å². The average Bonchev–Trinajstić information content (AvgIpc) is 3.60. The fraction of sp³-hybridized carbons (Fsp3) is 0.0526. The Morgan fingerprint density at radius 2 is 1.14 bits per heavy atom. The van der Waals surface area contributed by atoms with Crippen molar-refractivity contribution in [2.24, 2.45) is 0 Å². The van der Waals surface area contributed by atoms with Crippen LogP contribution in [-0.4, -0.2) is 0 Å². The summed E-state index contributed by atoms with van der Waals surface area (Å²) in [6.07, 6.45) is 9.31. The van der Waals surface area contributed by atoms with E-state index in [0.29, 0.717) is 0 Å². The second-order valence-electron chi connectivity index (χ2n) is 16.0. The maximum atomic E-state index is 3.83. The molecule has 2 heteroatoms. The third-order valence-electron chi connectivity index (χ3n) is 12.9. The van der Waals surface area contributed by atoms with Crippen LogP contribution in [0.4, 0.5) is 28.4 Å². The summed E-state index contributed by atoms with van der Waals surface area (Å²) in [6.45, 7) is 0. The normalized spacial score (nSPS) is 15.9. The van der Waals surface area contributed by atoms with Crippen molar-refractivity contribution < 1.29 is 0 Å². The van der Waals surface area contributed by atoms with Gasteiger partial charge in [0, 0.05) is 39.4 Å². The van der Waals surface area contributed by atoms with Crippen LogP contribution in [0.3, 0.4) is 0 Å². The van der Waals surface area contributed by atoms with Gasteiger partial charge >= 0.3 is 0 Å². The molecule has 0 amide bonds. The van der Waals surface area contributed by atoms with Crippen LogP contribution in [0.5, 0.6) is 0 Å². The molecule has 0 saturated carbocycles. The number of hydrogen-bond acceptors (Lipinski definition) is 2. The zero-order chi connectivity index (χ0) is 38.9. The minimum atomic E-state index is -0.431. The van der Waals surface area contributed by atoms with E-state index >= 15 is 0 Å². The highest BCUT2D eigenvalue weighted by Gasteiger charge is 2.47. The third kappa shape index (κ3) is 5.06. The van der Waals surface area contributed by atoms with Gasteiger partial charge < -0.3 is 10.2 Å². The van der Waals surface area contributed by atoms with E-state index in [1.54, 1.807) is 0 Å². The van der Waals surface area contributed by atoms with Crippen LogP contribution in [0.2, 0.25) is 0 Å². The van der Waals surface area contributed by atoms with Gasteiger partial charge in [0.1, 0.15) is 0 Å². The third-order valence-corrected chi connectivity index (χ3v) is 12.9. The Bertz CT molecular complexity index is 3170. The van der Waals surface area contributed by atoms with Crippen molar-refractivity contribution in [1.29, 1.82) is 0 Å². The zero-order valence-electron chi connectivity index (χ0n) is 32.6. The summed E-state index contributed by atoms with van der Waals surface area (Å²) in [5.74, 6) is 0. The summed E-state index contributed by atoms with van der Waals surface area (Å²) in [7, 11) is 0. The first-order valence-electron chi connectivity index (χ1n) is 20.7. The van der Waals surface area contributed by atoms with E-state index in [-0.39, 0.29) is 0 Å². The van der Waals surface area contributed by atoms with E-state index in [1.165, 1.54) is 77.2 Å². The molecule has 9 aromatic rings. The molecule has 2 aliphatic carbocycles. The van der Waals surface area contributed by atoms with Crippen molar-refractivity contribution in [3.05, 3.63) is 235 Å². The fourth-order valence-electron chi connectivity index (χ4n) is 10.4. The van der Waals surface area contributed by atoms with Crippen molar-refractivity contribution in [3.8, 4) is 33.4 Å². The predicted molar refractivity (Wildman–Crippen MR) is 249 cm³/mol. The van der Waals surface area contributed by atoms with Crippen molar-refractivity contribution in [2.45, 2.75) is 18.3 Å². The number of fused-ring (bicyclic) bond motifs is 7. The number of nitrogens with zero attached hydrogens (tertiary/aromatic N) is 1. The second-order valence-corrected chi connectivity index (χ2v) is 16.0. The number of anilines is 5. The first-order valence-corrected chi connectivity index (χ1v) is 20.7. The van der Waals surface area contributed by atoms with Gasteiger partial charge in [0.25, 0.3) is 0 Å². The Balaban J connectivity index is 1.02. The topological polar surface area (TPSA) is 15.3 Å². The number of para-hydroxylation sites is 1. The second kappa shape index (κ2) is 13.3. The monoisotopic (exact) mass is 752 g/mol. The maximum Gasteiger partial charge on any atom is 0.0711 e. The lowest BCUT2D eigenvalue weighted by atomic mass is 9.66. The molecule has 1 atom stereocenters. The van der Waals surface area contributed by atoms with Crippen LogP contribution in [0.25, 0.3) is 54.9 Å². The van der Waals surface area contributed by atoms with E-state index < -0.39 is 5.41 Å². The molecule has 9 aromatic carbocycles. The molecule has 0 fully saturated rings. The zero-order valence-corrected chi connectivity index (χ0v) is 32.6. The van der Waals surface area contributed by atoms with Gasteiger partial charge in [-0.1, -0.05) is 164 Å². The van der Waals surface area contributed by atoms with Crippen molar-refractivity contribution in [3.63, 3.8) is 0 Å². The molecule has 0 aromatic heterocycles. The lowest BCUT2D eigenvalue weighted by Gasteiger charge is -2.36. The summed E-state index contributed by atoms with van der Waals surface area (Å²) in [5, 5.41) is 8.88. The first kappa shape index (κ1) is 33.7. The van der Waals surface area contributed by atoms with Crippen LogP contribution in [0.15, 0.2) is 218 Å². The summed E-state index contributed by atoms with van der Waals surface area (Å²) >= 11 is 0. The molecule has 0 radical (unpaired) electrons. The fourth-order valence-corrected chi connectivity index (χ4v) is 10.4. The predicted octanol–water partition coefficient (Wildman–Crippen LogP) is 15.4. The molecule has 1 unspecified atom stereocenters. The Morgan fingerprint density at radius 1 is 0.458 bits per heavy atom. The lowest BCUT2D eigenvalue weighted by molar-refractivity contribution is 0.751. The SMILES string of the molecule is C1=CC(C2(c3ccccc3)c3ccccc3-c3ccc(N(c4ccccc4)c4ccc(-c5cc6c(c7ccccc57)-c5cccc7cccc(c57)N6)cc4)cc32)=CCC1. The molecule has 0 bridgehead atoms. The van der Waals surface area contributed by atoms with Crippen LogP contribution < -0.4 is 10.2 Å². The number of hydrogen-bond donors (Lipinski definition) is 1. The maximum absolute atomic E-state index is 3.83. The van der Waals surface area contributed by atoms with E-state index in [1.807, 2.05) is 0 Å². The van der Waals surface area contributed by atoms with Gasteiger partial charge in [0.2, 0.25) is 0 Å². The highest BCUT2D eigenvalue weighted by atomic mass is 15.1. The standard InChI is InChI=1S/C57H40N2/c1-4-18-40(19-5-1)57(41-20-6-2-7-21-41)51-28-13-12-25-46(51)47-35-34-44(36-52(47)57)59(42-22-8-3-9-23-42)43-32-30-38(31-33-43)50-37-54-56(48-26-11-10-24-45(48)50)49-27-14-16-39-17-15-29-53(58-54)55(39)49/h1,3-6,8-37,58H,2,7H2. The molecule has 0 saturated heterocycles.